The lowest BCUT2D eigenvalue weighted by atomic mass is 10.0. The number of halogens is 1. The van der Waals surface area contributed by atoms with Crippen molar-refractivity contribution in [3.05, 3.63) is 22.2 Å². The van der Waals surface area contributed by atoms with Crippen molar-refractivity contribution in [1.82, 2.24) is 0 Å². The fourth-order valence-electron chi connectivity index (χ4n) is 2.16. The minimum atomic E-state index is 0.301. The van der Waals surface area contributed by atoms with Crippen LogP contribution in [0, 0.1) is 0 Å². The Kier molecular flexibility index (Phi) is 4.62. The standard InChI is InChI=1S/C13H17BrO2S/c1-16-11-8-9(14)7-10(13(11)15)12-5-3-2-4-6-17-12/h7-8,12,15H,2-6H2,1H3. The lowest BCUT2D eigenvalue weighted by Crippen LogP contribution is -1.96. The van der Waals surface area contributed by atoms with Crippen molar-refractivity contribution in [2.45, 2.75) is 30.9 Å². The first-order chi connectivity index (χ1) is 8.22. The quantitative estimate of drug-likeness (QED) is 0.870. The molecule has 1 atom stereocenters. The van der Waals surface area contributed by atoms with E-state index in [9.17, 15) is 5.11 Å². The van der Waals surface area contributed by atoms with Gasteiger partial charge in [0.15, 0.2) is 11.5 Å². The van der Waals surface area contributed by atoms with Crippen molar-refractivity contribution in [3.63, 3.8) is 0 Å². The van der Waals surface area contributed by atoms with Gasteiger partial charge in [0.25, 0.3) is 0 Å². The number of thioether (sulfide) groups is 1. The summed E-state index contributed by atoms with van der Waals surface area (Å²) in [5, 5.41) is 10.6. The van der Waals surface area contributed by atoms with Gasteiger partial charge in [-0.25, -0.2) is 0 Å². The molecule has 2 rings (SSSR count). The second-order valence-electron chi connectivity index (χ2n) is 4.25. The van der Waals surface area contributed by atoms with Crippen molar-refractivity contribution >= 4 is 27.7 Å². The number of ether oxygens (including phenoxy) is 1. The van der Waals surface area contributed by atoms with E-state index in [0.29, 0.717) is 16.7 Å². The Morgan fingerprint density at radius 3 is 2.94 bits per heavy atom. The maximum absolute atomic E-state index is 10.2. The zero-order valence-corrected chi connectivity index (χ0v) is 12.3. The van der Waals surface area contributed by atoms with Crippen LogP contribution in [0.4, 0.5) is 0 Å². The van der Waals surface area contributed by atoms with Gasteiger partial charge in [0.05, 0.1) is 7.11 Å². The summed E-state index contributed by atoms with van der Waals surface area (Å²) >= 11 is 5.42. The molecule has 0 amide bonds. The third kappa shape index (κ3) is 3.10. The van der Waals surface area contributed by atoms with Gasteiger partial charge in [-0.1, -0.05) is 28.8 Å². The van der Waals surface area contributed by atoms with Gasteiger partial charge in [0.2, 0.25) is 0 Å². The Bertz CT molecular complexity index is 387. The van der Waals surface area contributed by atoms with Crippen molar-refractivity contribution in [3.8, 4) is 11.5 Å². The van der Waals surface area contributed by atoms with E-state index < -0.39 is 0 Å². The van der Waals surface area contributed by atoms with E-state index in [1.807, 2.05) is 17.8 Å². The van der Waals surface area contributed by atoms with E-state index in [1.165, 1.54) is 25.0 Å². The minimum Gasteiger partial charge on any atom is -0.504 e. The number of hydrogen-bond donors (Lipinski definition) is 1. The van der Waals surface area contributed by atoms with Crippen LogP contribution in [-0.4, -0.2) is 18.0 Å². The van der Waals surface area contributed by atoms with Gasteiger partial charge in [-0.15, -0.1) is 0 Å². The Hall–Kier alpha value is -0.350. The van der Waals surface area contributed by atoms with Gasteiger partial charge in [-0.05, 0) is 30.7 Å². The van der Waals surface area contributed by atoms with E-state index in [-0.39, 0.29) is 0 Å². The van der Waals surface area contributed by atoms with Crippen LogP contribution in [0.1, 0.15) is 36.5 Å². The molecule has 94 valence electrons. The molecule has 0 aliphatic carbocycles. The molecule has 2 nitrogen and oxygen atoms in total. The maximum atomic E-state index is 10.2. The predicted octanol–water partition coefficient (Wildman–Crippen LogP) is 4.51. The molecule has 1 aliphatic rings. The first-order valence-corrected chi connectivity index (χ1v) is 7.74. The summed E-state index contributed by atoms with van der Waals surface area (Å²) in [5.74, 6) is 2.04. The van der Waals surface area contributed by atoms with Gasteiger partial charge in [-0.3, -0.25) is 0 Å². The number of phenolic OH excluding ortho intramolecular Hbond substituents is 1. The fourth-order valence-corrected chi connectivity index (χ4v) is 3.96. The van der Waals surface area contributed by atoms with Gasteiger partial charge < -0.3 is 9.84 Å². The van der Waals surface area contributed by atoms with Gasteiger partial charge in [0, 0.05) is 15.3 Å². The van der Waals surface area contributed by atoms with Crippen molar-refractivity contribution in [1.29, 1.82) is 0 Å². The molecule has 1 unspecified atom stereocenters. The smallest absolute Gasteiger partial charge is 0.162 e. The molecule has 1 saturated heterocycles. The average molecular weight is 317 g/mol. The molecule has 1 aromatic rings. The van der Waals surface area contributed by atoms with Crippen LogP contribution in [0.2, 0.25) is 0 Å². The molecule has 0 saturated carbocycles. The monoisotopic (exact) mass is 316 g/mol. The second-order valence-corrected chi connectivity index (χ2v) is 6.48. The summed E-state index contributed by atoms with van der Waals surface area (Å²) in [6.07, 6.45) is 4.96. The zero-order chi connectivity index (χ0) is 12.3. The minimum absolute atomic E-state index is 0.301. The Balaban J connectivity index is 2.32. The lowest BCUT2D eigenvalue weighted by Gasteiger charge is -2.17. The van der Waals surface area contributed by atoms with Crippen LogP contribution in [0.5, 0.6) is 11.5 Å². The summed E-state index contributed by atoms with van der Waals surface area (Å²) in [6.45, 7) is 0. The normalized spacial score (nSPS) is 20.9. The van der Waals surface area contributed by atoms with Crippen molar-refractivity contribution in [2.75, 3.05) is 12.9 Å². The molecule has 0 spiro atoms. The number of rotatable bonds is 2. The van der Waals surface area contributed by atoms with Crippen LogP contribution < -0.4 is 4.74 Å². The molecule has 0 bridgehead atoms. The molecule has 1 aliphatic heterocycles. The van der Waals surface area contributed by atoms with E-state index in [2.05, 4.69) is 15.9 Å². The zero-order valence-electron chi connectivity index (χ0n) is 9.91. The topological polar surface area (TPSA) is 29.5 Å². The van der Waals surface area contributed by atoms with Crippen LogP contribution in [0.15, 0.2) is 16.6 Å². The van der Waals surface area contributed by atoms with E-state index in [0.717, 1.165) is 16.5 Å². The third-order valence-electron chi connectivity index (χ3n) is 3.07. The van der Waals surface area contributed by atoms with Gasteiger partial charge in [-0.2, -0.15) is 11.8 Å². The van der Waals surface area contributed by atoms with Crippen molar-refractivity contribution in [2.24, 2.45) is 0 Å². The van der Waals surface area contributed by atoms with E-state index in [1.54, 1.807) is 13.2 Å². The Morgan fingerprint density at radius 2 is 2.18 bits per heavy atom. The molecule has 1 aromatic carbocycles. The Morgan fingerprint density at radius 1 is 1.35 bits per heavy atom. The fraction of sp³-hybridized carbons (Fsp3) is 0.538. The number of hydrogen-bond acceptors (Lipinski definition) is 3. The van der Waals surface area contributed by atoms with E-state index >= 15 is 0 Å². The molecule has 0 radical (unpaired) electrons. The second kappa shape index (κ2) is 6.01. The highest BCUT2D eigenvalue weighted by Gasteiger charge is 2.21. The van der Waals surface area contributed by atoms with Crippen LogP contribution in [0.3, 0.4) is 0 Å². The molecule has 1 fully saturated rings. The highest BCUT2D eigenvalue weighted by atomic mass is 79.9. The highest BCUT2D eigenvalue weighted by Crippen LogP contribution is 2.45. The molecular formula is C13H17BrO2S. The molecule has 17 heavy (non-hydrogen) atoms. The molecule has 1 N–H and O–H groups in total. The van der Waals surface area contributed by atoms with Gasteiger partial charge in [0.1, 0.15) is 0 Å². The maximum Gasteiger partial charge on any atom is 0.162 e. The lowest BCUT2D eigenvalue weighted by molar-refractivity contribution is 0.369. The summed E-state index contributed by atoms with van der Waals surface area (Å²) in [4.78, 5) is 0. The van der Waals surface area contributed by atoms with Crippen molar-refractivity contribution < 1.29 is 9.84 Å². The Labute approximate surface area is 115 Å². The summed E-state index contributed by atoms with van der Waals surface area (Å²) in [5.41, 5.74) is 1.00. The SMILES string of the molecule is COc1cc(Br)cc(C2CCCCCS2)c1O. The number of aromatic hydroxyl groups is 1. The summed E-state index contributed by atoms with van der Waals surface area (Å²) in [7, 11) is 1.59. The van der Waals surface area contributed by atoms with Crippen LogP contribution in [0.25, 0.3) is 0 Å². The molecule has 1 heterocycles. The van der Waals surface area contributed by atoms with E-state index in [4.69, 9.17) is 4.74 Å². The van der Waals surface area contributed by atoms with Crippen LogP contribution >= 0.6 is 27.7 Å². The van der Waals surface area contributed by atoms with Crippen LogP contribution in [-0.2, 0) is 0 Å². The molecule has 4 heteroatoms. The summed E-state index contributed by atoms with van der Waals surface area (Å²) < 4.78 is 6.16. The third-order valence-corrected chi connectivity index (χ3v) is 4.94. The highest BCUT2D eigenvalue weighted by molar-refractivity contribution is 9.10. The predicted molar refractivity (Wildman–Crippen MR) is 76.0 cm³/mol. The van der Waals surface area contributed by atoms with Gasteiger partial charge >= 0.3 is 0 Å². The largest absolute Gasteiger partial charge is 0.504 e. The number of phenols is 1. The first-order valence-electron chi connectivity index (χ1n) is 5.90. The molecular weight excluding hydrogens is 300 g/mol. The first kappa shape index (κ1) is 13.1. The summed E-state index contributed by atoms with van der Waals surface area (Å²) in [6, 6.07) is 3.82. The molecule has 0 aromatic heterocycles. The number of methoxy groups -OCH3 is 1. The number of benzene rings is 1. The average Bonchev–Trinajstić information content (AvgIpc) is 2.60.